The zero-order valence-electron chi connectivity index (χ0n) is 16.0. The molecule has 5 nitrogen and oxygen atoms in total. The van der Waals surface area contributed by atoms with Crippen molar-refractivity contribution in [2.24, 2.45) is 5.73 Å². The van der Waals surface area contributed by atoms with E-state index in [0.717, 1.165) is 41.7 Å². The molecule has 2 amide bonds. The summed E-state index contributed by atoms with van der Waals surface area (Å²) in [6.07, 6.45) is 5.31. The van der Waals surface area contributed by atoms with E-state index < -0.39 is 11.8 Å². The highest BCUT2D eigenvalue weighted by Crippen LogP contribution is 2.38. The van der Waals surface area contributed by atoms with E-state index >= 15 is 0 Å². The maximum Gasteiger partial charge on any atom is 0.266 e. The van der Waals surface area contributed by atoms with Gasteiger partial charge in [0.2, 0.25) is 0 Å². The number of aryl methyl sites for hydroxylation is 1. The first kappa shape index (κ1) is 19.8. The van der Waals surface area contributed by atoms with Crippen molar-refractivity contribution in [1.82, 2.24) is 0 Å². The number of primary amides is 1. The second-order valence-electron chi connectivity index (χ2n) is 7.22. The third-order valence-electron chi connectivity index (χ3n) is 4.92. The third-order valence-corrected chi connectivity index (χ3v) is 6.13. The Bertz CT molecular complexity index is 978. The number of amides is 2. The number of nitrogens with zero attached hydrogens (tertiary/aromatic N) is 1. The van der Waals surface area contributed by atoms with Gasteiger partial charge in [-0.3, -0.25) is 9.59 Å². The van der Waals surface area contributed by atoms with Crippen molar-refractivity contribution in [3.05, 3.63) is 57.0 Å². The van der Waals surface area contributed by atoms with Crippen LogP contribution in [0, 0.1) is 11.3 Å². The number of fused-ring (bicyclic) bond motifs is 1. The summed E-state index contributed by atoms with van der Waals surface area (Å²) >= 11 is 1.39. The van der Waals surface area contributed by atoms with E-state index in [4.69, 9.17) is 5.73 Å². The molecule has 28 heavy (non-hydrogen) atoms. The van der Waals surface area contributed by atoms with Crippen LogP contribution in [0.2, 0.25) is 0 Å². The Hall–Kier alpha value is -2.91. The second-order valence-corrected chi connectivity index (χ2v) is 8.33. The average Bonchev–Trinajstić information content (AvgIpc) is 3.04. The lowest BCUT2D eigenvalue weighted by atomic mass is 9.95. The molecule has 0 bridgehead atoms. The molecule has 1 aromatic carbocycles. The molecule has 2 aromatic rings. The number of nitrogens with one attached hydrogen (secondary N) is 1. The van der Waals surface area contributed by atoms with Gasteiger partial charge in [-0.25, -0.2) is 0 Å². The summed E-state index contributed by atoms with van der Waals surface area (Å²) in [6.45, 7) is 4.21. The van der Waals surface area contributed by atoms with Crippen LogP contribution in [0.1, 0.15) is 64.5 Å². The minimum atomic E-state index is -0.540. The lowest BCUT2D eigenvalue weighted by Gasteiger charge is -2.11. The van der Waals surface area contributed by atoms with Crippen LogP contribution < -0.4 is 11.1 Å². The Morgan fingerprint density at radius 2 is 1.89 bits per heavy atom. The Kier molecular flexibility index (Phi) is 5.96. The van der Waals surface area contributed by atoms with Gasteiger partial charge in [-0.1, -0.05) is 38.1 Å². The van der Waals surface area contributed by atoms with Crippen LogP contribution in [0.5, 0.6) is 0 Å². The van der Waals surface area contributed by atoms with Crippen molar-refractivity contribution in [3.8, 4) is 6.07 Å². The van der Waals surface area contributed by atoms with E-state index in [-0.39, 0.29) is 5.57 Å². The zero-order chi connectivity index (χ0) is 20.3. The van der Waals surface area contributed by atoms with Crippen LogP contribution in [0.3, 0.4) is 0 Å². The van der Waals surface area contributed by atoms with Crippen molar-refractivity contribution in [3.63, 3.8) is 0 Å². The number of nitrogens with two attached hydrogens (primary N) is 1. The first-order valence-corrected chi connectivity index (χ1v) is 10.2. The van der Waals surface area contributed by atoms with Gasteiger partial charge in [0, 0.05) is 4.88 Å². The Morgan fingerprint density at radius 3 is 2.50 bits per heavy atom. The van der Waals surface area contributed by atoms with Crippen molar-refractivity contribution >= 4 is 34.2 Å². The van der Waals surface area contributed by atoms with Gasteiger partial charge >= 0.3 is 0 Å². The van der Waals surface area contributed by atoms with E-state index in [1.165, 1.54) is 16.9 Å². The summed E-state index contributed by atoms with van der Waals surface area (Å²) < 4.78 is 0. The standard InChI is InChI=1S/C22H23N3O2S/c1-13(2)15-9-7-14(8-10-15)11-16(12-23)21(27)25-22-19(20(24)26)17-5-3-4-6-18(17)28-22/h7-11,13H,3-6H2,1-2H3,(H2,24,26)(H,25,27). The van der Waals surface area contributed by atoms with Gasteiger partial charge in [-0.15, -0.1) is 11.3 Å². The third kappa shape index (κ3) is 4.15. The fraction of sp³-hybridized carbons (Fsp3) is 0.318. The van der Waals surface area contributed by atoms with Crippen LogP contribution in [-0.2, 0) is 17.6 Å². The predicted molar refractivity (Wildman–Crippen MR) is 112 cm³/mol. The fourth-order valence-electron chi connectivity index (χ4n) is 3.38. The van der Waals surface area contributed by atoms with Crippen molar-refractivity contribution in [2.45, 2.75) is 45.4 Å². The molecule has 144 valence electrons. The fourth-order valence-corrected chi connectivity index (χ4v) is 4.67. The molecule has 1 aliphatic rings. The molecule has 6 heteroatoms. The van der Waals surface area contributed by atoms with Crippen LogP contribution >= 0.6 is 11.3 Å². The normalized spacial score (nSPS) is 13.7. The van der Waals surface area contributed by atoms with E-state index in [1.54, 1.807) is 6.08 Å². The molecule has 1 aliphatic carbocycles. The number of nitriles is 1. The summed E-state index contributed by atoms with van der Waals surface area (Å²) in [5.74, 6) is -0.660. The van der Waals surface area contributed by atoms with Gasteiger partial charge in [0.15, 0.2) is 0 Å². The van der Waals surface area contributed by atoms with Gasteiger partial charge in [-0.2, -0.15) is 5.26 Å². The Balaban J connectivity index is 1.86. The lowest BCUT2D eigenvalue weighted by molar-refractivity contribution is -0.112. The minimum absolute atomic E-state index is 0.0147. The molecule has 0 saturated carbocycles. The smallest absolute Gasteiger partial charge is 0.266 e. The van der Waals surface area contributed by atoms with Crippen LogP contribution in [0.4, 0.5) is 5.00 Å². The highest BCUT2D eigenvalue weighted by Gasteiger charge is 2.25. The number of thiophene rings is 1. The van der Waals surface area contributed by atoms with Crippen molar-refractivity contribution < 1.29 is 9.59 Å². The van der Waals surface area contributed by atoms with E-state index in [2.05, 4.69) is 19.2 Å². The van der Waals surface area contributed by atoms with Crippen LogP contribution in [-0.4, -0.2) is 11.8 Å². The second kappa shape index (κ2) is 8.41. The Morgan fingerprint density at radius 1 is 1.21 bits per heavy atom. The topological polar surface area (TPSA) is 96.0 Å². The molecule has 0 saturated heterocycles. The zero-order valence-corrected chi connectivity index (χ0v) is 16.9. The number of anilines is 1. The first-order valence-electron chi connectivity index (χ1n) is 9.38. The lowest BCUT2D eigenvalue weighted by Crippen LogP contribution is -2.19. The molecule has 3 rings (SSSR count). The molecule has 0 atom stereocenters. The quantitative estimate of drug-likeness (QED) is 0.582. The van der Waals surface area contributed by atoms with Crippen LogP contribution in [0.15, 0.2) is 29.8 Å². The van der Waals surface area contributed by atoms with Crippen molar-refractivity contribution in [2.75, 3.05) is 5.32 Å². The molecular weight excluding hydrogens is 370 g/mol. The summed E-state index contributed by atoms with van der Waals surface area (Å²) in [5, 5.41) is 12.6. The van der Waals surface area contributed by atoms with Gasteiger partial charge < -0.3 is 11.1 Å². The average molecular weight is 394 g/mol. The maximum absolute atomic E-state index is 12.7. The molecule has 0 unspecified atom stereocenters. The summed E-state index contributed by atoms with van der Waals surface area (Å²) in [5.41, 5.74) is 8.86. The van der Waals surface area contributed by atoms with Gasteiger partial charge in [0.1, 0.15) is 16.6 Å². The summed E-state index contributed by atoms with van der Waals surface area (Å²) in [6, 6.07) is 9.71. The predicted octanol–water partition coefficient (Wildman–Crippen LogP) is 4.39. The van der Waals surface area contributed by atoms with Crippen molar-refractivity contribution in [1.29, 1.82) is 5.26 Å². The first-order chi connectivity index (χ1) is 13.4. The van der Waals surface area contributed by atoms with E-state index in [0.29, 0.717) is 16.5 Å². The molecule has 0 radical (unpaired) electrons. The van der Waals surface area contributed by atoms with E-state index in [1.807, 2.05) is 30.3 Å². The van der Waals surface area contributed by atoms with E-state index in [9.17, 15) is 14.9 Å². The largest absolute Gasteiger partial charge is 0.365 e. The molecule has 1 aromatic heterocycles. The maximum atomic E-state index is 12.7. The highest BCUT2D eigenvalue weighted by atomic mass is 32.1. The number of carbonyl (C=O) groups excluding carboxylic acids is 2. The highest BCUT2D eigenvalue weighted by molar-refractivity contribution is 7.17. The molecule has 0 fully saturated rings. The number of benzene rings is 1. The summed E-state index contributed by atoms with van der Waals surface area (Å²) in [7, 11) is 0. The molecule has 3 N–H and O–H groups in total. The van der Waals surface area contributed by atoms with Gasteiger partial charge in [-0.05, 0) is 54.4 Å². The Labute approximate surface area is 168 Å². The molecule has 1 heterocycles. The number of carbonyl (C=O) groups is 2. The molecular formula is C22H23N3O2S. The monoisotopic (exact) mass is 393 g/mol. The molecule has 0 spiro atoms. The minimum Gasteiger partial charge on any atom is -0.365 e. The number of hydrogen-bond donors (Lipinski definition) is 2. The number of rotatable bonds is 5. The SMILES string of the molecule is CC(C)c1ccc(C=C(C#N)C(=O)Nc2sc3c(c2C(N)=O)CCCC3)cc1. The number of hydrogen-bond acceptors (Lipinski definition) is 4. The van der Waals surface area contributed by atoms with Gasteiger partial charge in [0.25, 0.3) is 11.8 Å². The molecule has 0 aliphatic heterocycles. The van der Waals surface area contributed by atoms with Crippen LogP contribution in [0.25, 0.3) is 6.08 Å². The summed E-state index contributed by atoms with van der Waals surface area (Å²) in [4.78, 5) is 25.7. The van der Waals surface area contributed by atoms with Gasteiger partial charge in [0.05, 0.1) is 5.56 Å².